The van der Waals surface area contributed by atoms with E-state index in [9.17, 15) is 13.2 Å². The van der Waals surface area contributed by atoms with E-state index in [0.717, 1.165) is 23.5 Å². The Balaban J connectivity index is 2.63. The minimum absolute atomic E-state index is 0.140. The van der Waals surface area contributed by atoms with Gasteiger partial charge in [-0.1, -0.05) is 0 Å². The number of aryl methyl sites for hydroxylation is 2. The van der Waals surface area contributed by atoms with Crippen LogP contribution in [-0.4, -0.2) is 29.9 Å². The standard InChI is InChI=1S/C13H24N4O3S/c1-5-17-11(4)13(10(3)16-17)9(2)15-12(18)7-6-8-21(14,19)20/h9H,5-8H2,1-4H3,(H,15,18)(H2,14,19,20). The number of hydrogen-bond donors (Lipinski definition) is 2. The summed E-state index contributed by atoms with van der Waals surface area (Å²) in [5.41, 5.74) is 2.94. The van der Waals surface area contributed by atoms with Crippen LogP contribution in [-0.2, 0) is 21.4 Å². The fourth-order valence-corrected chi connectivity index (χ4v) is 3.01. The van der Waals surface area contributed by atoms with Gasteiger partial charge in [-0.3, -0.25) is 9.48 Å². The molecule has 0 radical (unpaired) electrons. The molecule has 0 bridgehead atoms. The summed E-state index contributed by atoms with van der Waals surface area (Å²) in [5, 5.41) is 12.2. The summed E-state index contributed by atoms with van der Waals surface area (Å²) in [6, 6.07) is -0.160. The molecule has 0 aromatic carbocycles. The monoisotopic (exact) mass is 316 g/mol. The largest absolute Gasteiger partial charge is 0.349 e. The van der Waals surface area contributed by atoms with Crippen LogP contribution in [0.2, 0.25) is 0 Å². The van der Waals surface area contributed by atoms with E-state index in [2.05, 4.69) is 10.4 Å². The summed E-state index contributed by atoms with van der Waals surface area (Å²) >= 11 is 0. The van der Waals surface area contributed by atoms with Gasteiger partial charge in [0.25, 0.3) is 0 Å². The Morgan fingerprint density at radius 2 is 2.05 bits per heavy atom. The topological polar surface area (TPSA) is 107 Å². The highest BCUT2D eigenvalue weighted by Gasteiger charge is 2.18. The summed E-state index contributed by atoms with van der Waals surface area (Å²) in [4.78, 5) is 11.8. The van der Waals surface area contributed by atoms with Crippen molar-refractivity contribution in [2.75, 3.05) is 5.75 Å². The molecule has 1 aromatic rings. The van der Waals surface area contributed by atoms with E-state index >= 15 is 0 Å². The molecule has 1 heterocycles. The van der Waals surface area contributed by atoms with E-state index in [4.69, 9.17) is 5.14 Å². The Labute approximate surface area is 126 Å². The molecule has 0 fully saturated rings. The molecule has 1 amide bonds. The number of nitrogens with one attached hydrogen (secondary N) is 1. The molecule has 0 aliphatic rings. The lowest BCUT2D eigenvalue weighted by Gasteiger charge is -2.15. The van der Waals surface area contributed by atoms with Crippen molar-refractivity contribution in [2.45, 2.75) is 53.1 Å². The number of nitrogens with zero attached hydrogens (tertiary/aromatic N) is 2. The number of sulfonamides is 1. The minimum atomic E-state index is -3.51. The summed E-state index contributed by atoms with van der Waals surface area (Å²) < 4.78 is 23.5. The van der Waals surface area contributed by atoms with Gasteiger partial charge in [0.05, 0.1) is 17.5 Å². The van der Waals surface area contributed by atoms with Crippen LogP contribution in [0.25, 0.3) is 0 Å². The first-order valence-corrected chi connectivity index (χ1v) is 8.71. The highest BCUT2D eigenvalue weighted by atomic mass is 32.2. The molecule has 0 saturated carbocycles. The number of amides is 1. The van der Waals surface area contributed by atoms with Crippen molar-refractivity contribution in [3.8, 4) is 0 Å². The van der Waals surface area contributed by atoms with Crippen LogP contribution in [0.5, 0.6) is 0 Å². The number of rotatable bonds is 7. The van der Waals surface area contributed by atoms with Crippen molar-refractivity contribution in [3.63, 3.8) is 0 Å². The number of primary sulfonamides is 1. The van der Waals surface area contributed by atoms with Crippen molar-refractivity contribution in [1.29, 1.82) is 0 Å². The number of aromatic nitrogens is 2. The van der Waals surface area contributed by atoms with Crippen molar-refractivity contribution in [3.05, 3.63) is 17.0 Å². The number of carbonyl (C=O) groups excluding carboxylic acids is 1. The molecule has 120 valence electrons. The summed E-state index contributed by atoms with van der Waals surface area (Å²) in [5.74, 6) is -0.366. The van der Waals surface area contributed by atoms with Crippen molar-refractivity contribution in [2.24, 2.45) is 5.14 Å². The van der Waals surface area contributed by atoms with Gasteiger partial charge in [-0.2, -0.15) is 5.10 Å². The average Bonchev–Trinajstić information content (AvgIpc) is 2.62. The Morgan fingerprint density at radius 3 is 2.52 bits per heavy atom. The van der Waals surface area contributed by atoms with Gasteiger partial charge in [0.2, 0.25) is 15.9 Å². The van der Waals surface area contributed by atoms with Crippen LogP contribution in [0.3, 0.4) is 0 Å². The molecule has 1 rings (SSSR count). The van der Waals surface area contributed by atoms with E-state index in [-0.39, 0.29) is 30.5 Å². The van der Waals surface area contributed by atoms with Crippen molar-refractivity contribution >= 4 is 15.9 Å². The van der Waals surface area contributed by atoms with Crippen LogP contribution in [0.4, 0.5) is 0 Å². The van der Waals surface area contributed by atoms with Gasteiger partial charge in [-0.25, -0.2) is 13.6 Å². The van der Waals surface area contributed by atoms with Gasteiger partial charge in [0, 0.05) is 24.2 Å². The van der Waals surface area contributed by atoms with Crippen LogP contribution in [0.15, 0.2) is 0 Å². The Hall–Kier alpha value is -1.41. The lowest BCUT2D eigenvalue weighted by Crippen LogP contribution is -2.28. The van der Waals surface area contributed by atoms with E-state index in [1.807, 2.05) is 32.4 Å². The highest BCUT2D eigenvalue weighted by molar-refractivity contribution is 7.89. The first kappa shape index (κ1) is 17.6. The quantitative estimate of drug-likeness (QED) is 0.774. The second-order valence-corrected chi connectivity index (χ2v) is 6.89. The minimum Gasteiger partial charge on any atom is -0.349 e. The maximum Gasteiger partial charge on any atom is 0.220 e. The summed E-state index contributed by atoms with van der Waals surface area (Å²) in [6.45, 7) is 8.58. The van der Waals surface area contributed by atoms with Gasteiger partial charge in [-0.15, -0.1) is 0 Å². The predicted octanol–water partition coefficient (Wildman–Crippen LogP) is 0.766. The maximum atomic E-state index is 11.8. The van der Waals surface area contributed by atoms with Gasteiger partial charge < -0.3 is 5.32 Å². The smallest absolute Gasteiger partial charge is 0.220 e. The molecule has 0 saturated heterocycles. The SMILES string of the molecule is CCn1nc(C)c(C(C)NC(=O)CCCS(N)(=O)=O)c1C. The molecule has 1 aromatic heterocycles. The lowest BCUT2D eigenvalue weighted by atomic mass is 10.1. The van der Waals surface area contributed by atoms with E-state index in [1.165, 1.54) is 0 Å². The number of hydrogen-bond acceptors (Lipinski definition) is 4. The van der Waals surface area contributed by atoms with Gasteiger partial charge in [0.1, 0.15) is 0 Å². The molecule has 21 heavy (non-hydrogen) atoms. The molecule has 1 unspecified atom stereocenters. The molecule has 0 spiro atoms. The van der Waals surface area contributed by atoms with E-state index in [1.54, 1.807) is 0 Å². The first-order chi connectivity index (χ1) is 9.65. The normalized spacial score (nSPS) is 13.2. The Bertz CT molecular complexity index is 607. The van der Waals surface area contributed by atoms with Crippen molar-refractivity contribution in [1.82, 2.24) is 15.1 Å². The van der Waals surface area contributed by atoms with Gasteiger partial charge in [-0.05, 0) is 34.1 Å². The van der Waals surface area contributed by atoms with Crippen LogP contribution in [0.1, 0.15) is 49.7 Å². The number of nitrogens with two attached hydrogens (primary N) is 1. The summed E-state index contributed by atoms with van der Waals surface area (Å²) in [7, 11) is -3.51. The molecule has 0 aliphatic heterocycles. The zero-order valence-corrected chi connectivity index (χ0v) is 13.8. The van der Waals surface area contributed by atoms with Crippen LogP contribution >= 0.6 is 0 Å². The molecular weight excluding hydrogens is 292 g/mol. The average molecular weight is 316 g/mol. The zero-order chi connectivity index (χ0) is 16.2. The zero-order valence-electron chi connectivity index (χ0n) is 13.0. The Morgan fingerprint density at radius 1 is 1.43 bits per heavy atom. The molecular formula is C13H24N4O3S. The predicted molar refractivity (Wildman–Crippen MR) is 81.1 cm³/mol. The second kappa shape index (κ2) is 7.04. The molecule has 1 atom stereocenters. The van der Waals surface area contributed by atoms with Crippen molar-refractivity contribution < 1.29 is 13.2 Å². The highest BCUT2D eigenvalue weighted by Crippen LogP contribution is 2.21. The van der Waals surface area contributed by atoms with Crippen LogP contribution in [0, 0.1) is 13.8 Å². The third kappa shape index (κ3) is 5.13. The fraction of sp³-hybridized carbons (Fsp3) is 0.692. The maximum absolute atomic E-state index is 11.8. The Kier molecular flexibility index (Phi) is 5.91. The van der Waals surface area contributed by atoms with E-state index in [0.29, 0.717) is 0 Å². The fourth-order valence-electron chi connectivity index (χ4n) is 2.47. The molecule has 0 aliphatic carbocycles. The second-order valence-electron chi connectivity index (χ2n) is 5.16. The third-order valence-electron chi connectivity index (χ3n) is 3.38. The molecule has 8 heteroatoms. The van der Waals surface area contributed by atoms with Gasteiger partial charge >= 0.3 is 0 Å². The third-order valence-corrected chi connectivity index (χ3v) is 4.24. The summed E-state index contributed by atoms with van der Waals surface area (Å²) in [6.07, 6.45) is 0.365. The molecule has 7 nitrogen and oxygen atoms in total. The number of carbonyl (C=O) groups is 1. The van der Waals surface area contributed by atoms with Gasteiger partial charge in [0.15, 0.2) is 0 Å². The lowest BCUT2D eigenvalue weighted by molar-refractivity contribution is -0.121. The molecule has 3 N–H and O–H groups in total. The van der Waals surface area contributed by atoms with E-state index < -0.39 is 10.0 Å². The van der Waals surface area contributed by atoms with Crippen LogP contribution < -0.4 is 10.5 Å². The first-order valence-electron chi connectivity index (χ1n) is 6.99.